The first kappa shape index (κ1) is 12.2. The van der Waals surface area contributed by atoms with E-state index in [9.17, 15) is 4.79 Å². The van der Waals surface area contributed by atoms with E-state index in [0.29, 0.717) is 17.6 Å². The Bertz CT molecular complexity index is 453. The summed E-state index contributed by atoms with van der Waals surface area (Å²) in [5, 5.41) is 0. The lowest BCUT2D eigenvalue weighted by molar-refractivity contribution is 0.0664. The lowest BCUT2D eigenvalue weighted by atomic mass is 10.1. The van der Waals surface area contributed by atoms with Crippen LogP contribution in [0.3, 0.4) is 0 Å². The topological polar surface area (TPSA) is 33.2 Å². The molecule has 0 spiro atoms. The molecule has 18 heavy (non-hydrogen) atoms. The number of carbonyl (C=O) groups excluding carboxylic acids is 1. The Balaban J connectivity index is 1.83. The lowest BCUT2D eigenvalue weighted by Gasteiger charge is -2.29. The first-order chi connectivity index (χ1) is 8.75. The number of rotatable bonds is 3. The normalized spacial score (nSPS) is 20.1. The second kappa shape index (κ2) is 5.00. The molecule has 3 rings (SSSR count). The lowest BCUT2D eigenvalue weighted by Crippen LogP contribution is -2.40. The third-order valence-electron chi connectivity index (χ3n) is 3.84. The molecule has 2 saturated carbocycles. The largest absolute Gasteiger partial charge is 0.333 e. The van der Waals surface area contributed by atoms with E-state index in [-0.39, 0.29) is 5.91 Å². The predicted octanol–water partition coefficient (Wildman–Crippen LogP) is 3.39. The third-order valence-corrected chi connectivity index (χ3v) is 4.28. The first-order valence-corrected chi connectivity index (χ1v) is 7.48. The molecule has 1 aromatic rings. The molecule has 0 aliphatic heterocycles. The number of hydrogen-bond donors (Lipinski definition) is 0. The van der Waals surface area contributed by atoms with Gasteiger partial charge in [-0.3, -0.25) is 9.78 Å². The van der Waals surface area contributed by atoms with Crippen LogP contribution in [0.5, 0.6) is 0 Å². The van der Waals surface area contributed by atoms with Gasteiger partial charge in [0.15, 0.2) is 0 Å². The highest BCUT2D eigenvalue weighted by Crippen LogP contribution is 2.35. The molecular formula is C14H17BrN2O. The van der Waals surface area contributed by atoms with Gasteiger partial charge in [0, 0.05) is 29.0 Å². The monoisotopic (exact) mass is 308 g/mol. The van der Waals surface area contributed by atoms with Crippen LogP contribution in [-0.4, -0.2) is 27.9 Å². The van der Waals surface area contributed by atoms with Crippen molar-refractivity contribution in [1.82, 2.24) is 9.88 Å². The van der Waals surface area contributed by atoms with E-state index in [4.69, 9.17) is 0 Å². The van der Waals surface area contributed by atoms with Crippen LogP contribution in [0, 0.1) is 0 Å². The Hall–Kier alpha value is -0.900. The third kappa shape index (κ3) is 2.44. The Kier molecular flexibility index (Phi) is 3.37. The Morgan fingerprint density at radius 2 is 1.83 bits per heavy atom. The van der Waals surface area contributed by atoms with Crippen LogP contribution in [0.15, 0.2) is 22.9 Å². The van der Waals surface area contributed by atoms with Gasteiger partial charge in [0.2, 0.25) is 0 Å². The highest BCUT2D eigenvalue weighted by Gasteiger charge is 2.38. The molecule has 3 nitrogen and oxygen atoms in total. The molecular weight excluding hydrogens is 292 g/mol. The van der Waals surface area contributed by atoms with E-state index >= 15 is 0 Å². The molecule has 96 valence electrons. The van der Waals surface area contributed by atoms with Gasteiger partial charge >= 0.3 is 0 Å². The summed E-state index contributed by atoms with van der Waals surface area (Å²) >= 11 is 3.38. The summed E-state index contributed by atoms with van der Waals surface area (Å²) in [6.45, 7) is 0. The number of amides is 1. The van der Waals surface area contributed by atoms with Gasteiger partial charge in [0.25, 0.3) is 5.91 Å². The molecule has 2 aliphatic rings. The van der Waals surface area contributed by atoms with Crippen LogP contribution >= 0.6 is 15.9 Å². The second-order valence-electron chi connectivity index (χ2n) is 5.27. The smallest absolute Gasteiger partial charge is 0.255 e. The second-order valence-corrected chi connectivity index (χ2v) is 6.19. The van der Waals surface area contributed by atoms with Crippen molar-refractivity contribution in [2.75, 3.05) is 0 Å². The summed E-state index contributed by atoms with van der Waals surface area (Å²) in [5.41, 5.74) is 0.711. The summed E-state index contributed by atoms with van der Waals surface area (Å²) in [6, 6.07) is 2.82. The summed E-state index contributed by atoms with van der Waals surface area (Å²) in [6.07, 6.45) is 10.6. The van der Waals surface area contributed by atoms with Crippen LogP contribution in [0.4, 0.5) is 0 Å². The van der Waals surface area contributed by atoms with Crippen molar-refractivity contribution in [2.24, 2.45) is 0 Å². The van der Waals surface area contributed by atoms with E-state index in [1.54, 1.807) is 12.4 Å². The maximum absolute atomic E-state index is 12.6. The van der Waals surface area contributed by atoms with Gasteiger partial charge in [-0.25, -0.2) is 0 Å². The minimum Gasteiger partial charge on any atom is -0.333 e. The summed E-state index contributed by atoms with van der Waals surface area (Å²) in [5.74, 6) is 0.165. The van der Waals surface area contributed by atoms with Crippen LogP contribution in [0.25, 0.3) is 0 Å². The van der Waals surface area contributed by atoms with Crippen molar-refractivity contribution in [3.63, 3.8) is 0 Å². The van der Waals surface area contributed by atoms with E-state index in [1.165, 1.54) is 38.5 Å². The zero-order chi connectivity index (χ0) is 12.5. The molecule has 0 unspecified atom stereocenters. The van der Waals surface area contributed by atoms with Crippen molar-refractivity contribution in [1.29, 1.82) is 0 Å². The minimum absolute atomic E-state index is 0.165. The van der Waals surface area contributed by atoms with Crippen LogP contribution < -0.4 is 0 Å². The SMILES string of the molecule is O=C(c1cncc(Br)c1)N(C1CCCC1)C1CC1. The van der Waals surface area contributed by atoms with Crippen molar-refractivity contribution < 1.29 is 4.79 Å². The van der Waals surface area contributed by atoms with E-state index < -0.39 is 0 Å². The van der Waals surface area contributed by atoms with Gasteiger partial charge in [-0.2, -0.15) is 0 Å². The zero-order valence-corrected chi connectivity index (χ0v) is 11.9. The maximum Gasteiger partial charge on any atom is 0.255 e. The van der Waals surface area contributed by atoms with Crippen molar-refractivity contribution in [2.45, 2.75) is 50.6 Å². The van der Waals surface area contributed by atoms with Crippen LogP contribution in [0.2, 0.25) is 0 Å². The summed E-state index contributed by atoms with van der Waals surface area (Å²) < 4.78 is 0.871. The highest BCUT2D eigenvalue weighted by atomic mass is 79.9. The number of aromatic nitrogens is 1. The predicted molar refractivity (Wildman–Crippen MR) is 73.4 cm³/mol. The van der Waals surface area contributed by atoms with Gasteiger partial charge in [-0.1, -0.05) is 12.8 Å². The molecule has 0 N–H and O–H groups in total. The molecule has 0 bridgehead atoms. The molecule has 1 heterocycles. The number of nitrogens with zero attached hydrogens (tertiary/aromatic N) is 2. The highest BCUT2D eigenvalue weighted by molar-refractivity contribution is 9.10. The number of pyridine rings is 1. The number of hydrogen-bond acceptors (Lipinski definition) is 2. The number of carbonyl (C=O) groups is 1. The van der Waals surface area contributed by atoms with Gasteiger partial charge < -0.3 is 4.90 Å². The molecule has 0 radical (unpaired) electrons. The van der Waals surface area contributed by atoms with Gasteiger partial charge in [0.05, 0.1) is 5.56 Å². The van der Waals surface area contributed by atoms with E-state index in [0.717, 1.165) is 4.47 Å². The zero-order valence-electron chi connectivity index (χ0n) is 10.3. The molecule has 2 aliphatic carbocycles. The fourth-order valence-corrected chi connectivity index (χ4v) is 3.21. The molecule has 0 saturated heterocycles. The Morgan fingerprint density at radius 3 is 2.44 bits per heavy atom. The quantitative estimate of drug-likeness (QED) is 0.857. The van der Waals surface area contributed by atoms with E-state index in [2.05, 4.69) is 25.8 Å². The van der Waals surface area contributed by atoms with Gasteiger partial charge in [0.1, 0.15) is 0 Å². The molecule has 2 fully saturated rings. The van der Waals surface area contributed by atoms with Crippen molar-refractivity contribution in [3.8, 4) is 0 Å². The fraction of sp³-hybridized carbons (Fsp3) is 0.571. The Labute approximate surface area is 116 Å². The standard InChI is InChI=1S/C14H17BrN2O/c15-11-7-10(8-16-9-11)14(18)17(13-5-6-13)12-3-1-2-4-12/h7-9,12-13H,1-6H2. The van der Waals surface area contributed by atoms with Gasteiger partial charge in [-0.15, -0.1) is 0 Å². The average Bonchev–Trinajstić information content (AvgIpc) is 3.04. The molecule has 4 heteroatoms. The molecule has 0 atom stereocenters. The Morgan fingerprint density at radius 1 is 1.17 bits per heavy atom. The molecule has 1 aromatic heterocycles. The van der Waals surface area contributed by atoms with E-state index in [1.807, 2.05) is 6.07 Å². The summed E-state index contributed by atoms with van der Waals surface area (Å²) in [7, 11) is 0. The summed E-state index contributed by atoms with van der Waals surface area (Å²) in [4.78, 5) is 18.9. The minimum atomic E-state index is 0.165. The number of halogens is 1. The maximum atomic E-state index is 12.6. The van der Waals surface area contributed by atoms with Crippen molar-refractivity contribution >= 4 is 21.8 Å². The van der Waals surface area contributed by atoms with Gasteiger partial charge in [-0.05, 0) is 47.7 Å². The molecule has 1 amide bonds. The fourth-order valence-electron chi connectivity index (χ4n) is 2.84. The van der Waals surface area contributed by atoms with Crippen molar-refractivity contribution in [3.05, 3.63) is 28.5 Å². The average molecular weight is 309 g/mol. The molecule has 0 aromatic carbocycles. The first-order valence-electron chi connectivity index (χ1n) is 6.69. The van der Waals surface area contributed by atoms with Crippen LogP contribution in [-0.2, 0) is 0 Å². The van der Waals surface area contributed by atoms with Crippen LogP contribution in [0.1, 0.15) is 48.9 Å².